The van der Waals surface area contributed by atoms with Gasteiger partial charge in [-0.25, -0.2) is 4.79 Å². The van der Waals surface area contributed by atoms with Crippen molar-refractivity contribution >= 4 is 47.3 Å². The maximum atomic E-state index is 14.4. The van der Waals surface area contributed by atoms with E-state index in [2.05, 4.69) is 31.9 Å². The third-order valence-corrected chi connectivity index (χ3v) is 10.7. The molecule has 328 valence electrons. The number of fused-ring (bicyclic) bond motifs is 1. The summed E-state index contributed by atoms with van der Waals surface area (Å²) in [6.07, 6.45) is -0.366. The summed E-state index contributed by atoms with van der Waals surface area (Å²) in [7, 11) is 0. The number of hydrogen-bond acceptors (Lipinski definition) is 9. The molecule has 2 aliphatic rings. The molecule has 1 aromatic carbocycles. The van der Waals surface area contributed by atoms with Crippen molar-refractivity contribution in [2.24, 2.45) is 29.6 Å². The number of benzene rings is 1. The molecular weight excluding hydrogens is 759 g/mol. The Labute approximate surface area is 348 Å². The summed E-state index contributed by atoms with van der Waals surface area (Å²) in [5.41, 5.74) is 0.736. The minimum Gasteiger partial charge on any atom is -0.458 e. The van der Waals surface area contributed by atoms with E-state index in [1.165, 1.54) is 11.8 Å². The first-order chi connectivity index (χ1) is 27.6. The van der Waals surface area contributed by atoms with Gasteiger partial charge in [0.1, 0.15) is 48.4 Å². The van der Waals surface area contributed by atoms with Crippen molar-refractivity contribution in [1.82, 2.24) is 36.8 Å². The van der Waals surface area contributed by atoms with Crippen molar-refractivity contribution in [2.75, 3.05) is 6.54 Å². The summed E-state index contributed by atoms with van der Waals surface area (Å²) in [5, 5.41) is 16.5. The standard InChI is InChI=1S/C43H67N7O9/c1-22(2)20-29-42(57)50-19-15-18-30(50)37(52)46-33(24(5)6)39(54)47-34(25(7)8)40(55)48-35(26(9)10)43(58)59-27(11)36(41(56)44-29)49-38(53)32(23(3)4)45-31(51)21-28-16-13-12-14-17-28/h12-14,16-17,22-27,29-30,32-36H,15,18-21H2,1-11H3,(H,44,56)(H,45,51)(H,46,52)(H,47,54)(H,48,55)(H,49,53). The summed E-state index contributed by atoms with van der Waals surface area (Å²) in [5.74, 6) is -7.13. The third-order valence-electron chi connectivity index (χ3n) is 10.7. The Morgan fingerprint density at radius 2 is 1.29 bits per heavy atom. The predicted molar refractivity (Wildman–Crippen MR) is 221 cm³/mol. The van der Waals surface area contributed by atoms with E-state index in [9.17, 15) is 38.4 Å². The fourth-order valence-corrected chi connectivity index (χ4v) is 7.27. The van der Waals surface area contributed by atoms with Gasteiger partial charge in [0, 0.05) is 6.54 Å². The van der Waals surface area contributed by atoms with E-state index in [1.54, 1.807) is 79.7 Å². The van der Waals surface area contributed by atoms with Crippen LogP contribution in [0.2, 0.25) is 0 Å². The van der Waals surface area contributed by atoms with Crippen molar-refractivity contribution in [2.45, 2.75) is 150 Å². The molecule has 59 heavy (non-hydrogen) atoms. The van der Waals surface area contributed by atoms with Crippen LogP contribution in [0.15, 0.2) is 30.3 Å². The number of amides is 7. The number of nitrogens with zero attached hydrogens (tertiary/aromatic N) is 1. The maximum Gasteiger partial charge on any atom is 0.329 e. The Morgan fingerprint density at radius 3 is 1.81 bits per heavy atom. The van der Waals surface area contributed by atoms with Crippen LogP contribution in [-0.4, -0.2) is 107 Å². The highest BCUT2D eigenvalue weighted by molar-refractivity contribution is 5.98. The molecule has 0 radical (unpaired) electrons. The Bertz CT molecular complexity index is 1670. The number of carbonyl (C=O) groups is 8. The monoisotopic (exact) mass is 826 g/mol. The molecule has 3 rings (SSSR count). The minimum atomic E-state index is -1.57. The molecule has 2 saturated heterocycles. The van der Waals surface area contributed by atoms with E-state index in [1.807, 2.05) is 19.9 Å². The fourth-order valence-electron chi connectivity index (χ4n) is 7.27. The Hall–Kier alpha value is -5.02. The molecule has 0 spiro atoms. The van der Waals surface area contributed by atoms with Gasteiger partial charge in [0.2, 0.25) is 41.4 Å². The quantitative estimate of drug-likeness (QED) is 0.179. The van der Waals surface area contributed by atoms with Crippen LogP contribution in [0.25, 0.3) is 0 Å². The highest BCUT2D eigenvalue weighted by Crippen LogP contribution is 2.22. The normalized spacial score (nSPS) is 26.0. The summed E-state index contributed by atoms with van der Waals surface area (Å²) < 4.78 is 5.86. The van der Waals surface area contributed by atoms with Crippen molar-refractivity contribution in [3.63, 3.8) is 0 Å². The lowest BCUT2D eigenvalue weighted by atomic mass is 9.98. The van der Waals surface area contributed by atoms with Crippen LogP contribution in [0.1, 0.15) is 101 Å². The van der Waals surface area contributed by atoms with Crippen LogP contribution in [-0.2, 0) is 49.5 Å². The summed E-state index contributed by atoms with van der Waals surface area (Å²) in [4.78, 5) is 113. The van der Waals surface area contributed by atoms with E-state index in [0.29, 0.717) is 12.8 Å². The average molecular weight is 826 g/mol. The summed E-state index contributed by atoms with van der Waals surface area (Å²) in [6.45, 7) is 19.2. The van der Waals surface area contributed by atoms with Crippen LogP contribution in [0.3, 0.4) is 0 Å². The second-order valence-electron chi connectivity index (χ2n) is 17.7. The molecule has 7 amide bonds. The number of esters is 1. The molecule has 8 atom stereocenters. The van der Waals surface area contributed by atoms with Crippen LogP contribution in [0.4, 0.5) is 0 Å². The molecule has 2 aliphatic heterocycles. The molecule has 2 fully saturated rings. The lowest BCUT2D eigenvalue weighted by Gasteiger charge is -2.33. The van der Waals surface area contributed by atoms with E-state index < -0.39 is 119 Å². The van der Waals surface area contributed by atoms with Gasteiger partial charge in [-0.3, -0.25) is 33.6 Å². The van der Waals surface area contributed by atoms with Gasteiger partial charge in [0.15, 0.2) is 0 Å². The van der Waals surface area contributed by atoms with Crippen molar-refractivity contribution in [3.05, 3.63) is 35.9 Å². The van der Waals surface area contributed by atoms with Crippen LogP contribution in [0, 0.1) is 29.6 Å². The summed E-state index contributed by atoms with van der Waals surface area (Å²) in [6, 6.07) is 0.815. The van der Waals surface area contributed by atoms with Gasteiger partial charge in [-0.15, -0.1) is 0 Å². The van der Waals surface area contributed by atoms with Gasteiger partial charge in [0.05, 0.1) is 6.42 Å². The molecule has 1 aromatic rings. The zero-order valence-electron chi connectivity index (χ0n) is 36.5. The predicted octanol–water partition coefficient (Wildman–Crippen LogP) is 1.74. The van der Waals surface area contributed by atoms with E-state index >= 15 is 0 Å². The molecule has 0 bridgehead atoms. The van der Waals surface area contributed by atoms with Crippen LogP contribution in [0.5, 0.6) is 0 Å². The third kappa shape index (κ3) is 13.5. The highest BCUT2D eigenvalue weighted by atomic mass is 16.5. The molecule has 2 heterocycles. The fraction of sp³-hybridized carbons (Fsp3) is 0.674. The smallest absolute Gasteiger partial charge is 0.329 e. The van der Waals surface area contributed by atoms with E-state index in [0.717, 1.165) is 5.56 Å². The molecule has 0 saturated carbocycles. The van der Waals surface area contributed by atoms with Crippen molar-refractivity contribution in [1.29, 1.82) is 0 Å². The number of carbonyl (C=O) groups excluding carboxylic acids is 8. The van der Waals surface area contributed by atoms with Crippen LogP contribution < -0.4 is 31.9 Å². The zero-order valence-corrected chi connectivity index (χ0v) is 36.5. The molecular formula is C43H67N7O9. The Morgan fingerprint density at radius 1 is 0.746 bits per heavy atom. The van der Waals surface area contributed by atoms with Gasteiger partial charge in [-0.05, 0) is 61.3 Å². The second kappa shape index (κ2) is 21.8. The average Bonchev–Trinajstić information content (AvgIpc) is 3.64. The zero-order chi connectivity index (χ0) is 44.3. The molecule has 0 aromatic heterocycles. The van der Waals surface area contributed by atoms with Crippen molar-refractivity contribution < 1.29 is 43.1 Å². The number of cyclic esters (lactones) is 1. The van der Waals surface area contributed by atoms with Gasteiger partial charge in [-0.2, -0.15) is 0 Å². The van der Waals surface area contributed by atoms with Crippen LogP contribution >= 0.6 is 0 Å². The highest BCUT2D eigenvalue weighted by Gasteiger charge is 2.43. The van der Waals surface area contributed by atoms with E-state index in [4.69, 9.17) is 4.74 Å². The largest absolute Gasteiger partial charge is 0.458 e. The molecule has 8 unspecified atom stereocenters. The molecule has 6 N–H and O–H groups in total. The summed E-state index contributed by atoms with van der Waals surface area (Å²) >= 11 is 0. The number of hydrogen-bond donors (Lipinski definition) is 6. The number of ether oxygens (including phenoxy) is 1. The Balaban J connectivity index is 2.09. The second-order valence-corrected chi connectivity index (χ2v) is 17.7. The molecule has 16 heteroatoms. The van der Waals surface area contributed by atoms with Gasteiger partial charge in [0.25, 0.3) is 0 Å². The SMILES string of the molecule is CC(C)CC1NC(=O)C(NC(=O)C(NC(=O)Cc2ccccc2)C(C)C)C(C)OC(=O)C(C(C)C)NC(=O)C(C(C)C)NC(=O)C(C(C)C)NC(=O)C2CCCN2C1=O. The lowest BCUT2D eigenvalue weighted by molar-refractivity contribution is -0.157. The first-order valence-corrected chi connectivity index (χ1v) is 21.0. The first-order valence-electron chi connectivity index (χ1n) is 21.0. The molecule has 0 aliphatic carbocycles. The maximum absolute atomic E-state index is 14.4. The topological polar surface area (TPSA) is 221 Å². The number of rotatable bonds is 11. The minimum absolute atomic E-state index is 0.00552. The first kappa shape index (κ1) is 48.3. The lowest BCUT2D eigenvalue weighted by Crippen LogP contribution is -2.62. The van der Waals surface area contributed by atoms with E-state index in [-0.39, 0.29) is 25.3 Å². The van der Waals surface area contributed by atoms with Gasteiger partial charge >= 0.3 is 5.97 Å². The van der Waals surface area contributed by atoms with Gasteiger partial charge < -0.3 is 41.5 Å². The molecule has 16 nitrogen and oxygen atoms in total. The Kier molecular flexibility index (Phi) is 17.9. The number of nitrogens with one attached hydrogen (secondary N) is 6. The van der Waals surface area contributed by atoms with Gasteiger partial charge in [-0.1, -0.05) is 99.6 Å². The van der Waals surface area contributed by atoms with Crippen molar-refractivity contribution in [3.8, 4) is 0 Å².